The first-order valence-corrected chi connectivity index (χ1v) is 6.14. The first-order chi connectivity index (χ1) is 8.20. The van der Waals surface area contributed by atoms with E-state index in [-0.39, 0.29) is 6.03 Å². The Kier molecular flexibility index (Phi) is 3.52. The van der Waals surface area contributed by atoms with Gasteiger partial charge in [-0.25, -0.2) is 4.79 Å². The number of nitrogens with two attached hydrogens (primary N) is 1. The highest BCUT2D eigenvalue weighted by molar-refractivity contribution is 5.90. The largest absolute Gasteiger partial charge is 0.399 e. The van der Waals surface area contributed by atoms with E-state index in [1.54, 1.807) is 12.1 Å². The zero-order chi connectivity index (χ0) is 12.3. The fourth-order valence-electron chi connectivity index (χ4n) is 2.34. The van der Waals surface area contributed by atoms with E-state index in [9.17, 15) is 4.79 Å². The maximum atomic E-state index is 12.1. The minimum Gasteiger partial charge on any atom is -0.399 e. The minimum atomic E-state index is -0.0139. The van der Waals surface area contributed by atoms with Crippen LogP contribution in [0.2, 0.25) is 0 Å². The summed E-state index contributed by atoms with van der Waals surface area (Å²) in [5, 5.41) is 2.90. The summed E-state index contributed by atoms with van der Waals surface area (Å²) in [5.41, 5.74) is 7.10. The van der Waals surface area contributed by atoms with Crippen LogP contribution in [0, 0.1) is 0 Å². The second-order valence-corrected chi connectivity index (χ2v) is 4.45. The molecule has 2 amide bonds. The highest BCUT2D eigenvalue weighted by atomic mass is 16.2. The maximum Gasteiger partial charge on any atom is 0.322 e. The summed E-state index contributed by atoms with van der Waals surface area (Å²) in [6.07, 6.45) is 3.23. The Balaban J connectivity index is 2.01. The van der Waals surface area contributed by atoms with Gasteiger partial charge in [-0.1, -0.05) is 13.0 Å². The van der Waals surface area contributed by atoms with Crippen LogP contribution >= 0.6 is 0 Å². The Labute approximate surface area is 102 Å². The van der Waals surface area contributed by atoms with Gasteiger partial charge in [-0.15, -0.1) is 0 Å². The lowest BCUT2D eigenvalue weighted by molar-refractivity contribution is 0.205. The van der Waals surface area contributed by atoms with E-state index in [1.807, 2.05) is 17.0 Å². The first-order valence-electron chi connectivity index (χ1n) is 6.14. The number of nitrogens with one attached hydrogen (secondary N) is 1. The van der Waals surface area contributed by atoms with Crippen molar-refractivity contribution in [3.63, 3.8) is 0 Å². The van der Waals surface area contributed by atoms with Crippen molar-refractivity contribution in [1.29, 1.82) is 0 Å². The quantitative estimate of drug-likeness (QED) is 0.771. The number of benzene rings is 1. The van der Waals surface area contributed by atoms with Gasteiger partial charge in [0.15, 0.2) is 0 Å². The van der Waals surface area contributed by atoms with Crippen LogP contribution in [0.1, 0.15) is 26.2 Å². The predicted octanol–water partition coefficient (Wildman–Crippen LogP) is 2.68. The molecule has 2 rings (SSSR count). The van der Waals surface area contributed by atoms with E-state index >= 15 is 0 Å². The number of carbonyl (C=O) groups excluding carboxylic acids is 1. The standard InChI is InChI=1S/C13H19N3O/c1-2-12-7-4-8-16(12)13(17)15-11-6-3-5-10(14)9-11/h3,5-6,9,12H,2,4,7-8,14H2,1H3,(H,15,17). The van der Waals surface area contributed by atoms with Gasteiger partial charge in [0, 0.05) is 24.0 Å². The molecule has 1 aliphatic rings. The summed E-state index contributed by atoms with van der Waals surface area (Å²) in [5.74, 6) is 0. The van der Waals surface area contributed by atoms with E-state index < -0.39 is 0 Å². The van der Waals surface area contributed by atoms with Crippen LogP contribution < -0.4 is 11.1 Å². The van der Waals surface area contributed by atoms with Crippen molar-refractivity contribution in [3.8, 4) is 0 Å². The van der Waals surface area contributed by atoms with Crippen LogP contribution in [-0.4, -0.2) is 23.5 Å². The van der Waals surface area contributed by atoms with Crippen molar-refractivity contribution < 1.29 is 4.79 Å². The lowest BCUT2D eigenvalue weighted by Gasteiger charge is -2.23. The number of anilines is 2. The van der Waals surface area contributed by atoms with Crippen molar-refractivity contribution in [3.05, 3.63) is 24.3 Å². The molecule has 1 heterocycles. The third-order valence-electron chi connectivity index (χ3n) is 3.25. The normalized spacial score (nSPS) is 19.4. The molecule has 0 aliphatic carbocycles. The summed E-state index contributed by atoms with van der Waals surface area (Å²) in [7, 11) is 0. The maximum absolute atomic E-state index is 12.1. The number of hydrogen-bond donors (Lipinski definition) is 2. The zero-order valence-electron chi connectivity index (χ0n) is 10.1. The highest BCUT2D eigenvalue weighted by Gasteiger charge is 2.27. The lowest BCUT2D eigenvalue weighted by atomic mass is 10.2. The molecular formula is C13H19N3O. The first kappa shape index (κ1) is 11.8. The van der Waals surface area contributed by atoms with Gasteiger partial charge in [0.2, 0.25) is 0 Å². The van der Waals surface area contributed by atoms with Crippen molar-refractivity contribution in [2.45, 2.75) is 32.2 Å². The molecule has 1 aromatic carbocycles. The Morgan fingerprint density at radius 3 is 3.12 bits per heavy atom. The van der Waals surface area contributed by atoms with Gasteiger partial charge >= 0.3 is 6.03 Å². The lowest BCUT2D eigenvalue weighted by Crippen LogP contribution is -2.38. The van der Waals surface area contributed by atoms with Gasteiger partial charge in [-0.2, -0.15) is 0 Å². The zero-order valence-corrected chi connectivity index (χ0v) is 10.1. The van der Waals surface area contributed by atoms with Crippen molar-refractivity contribution in [2.75, 3.05) is 17.6 Å². The Morgan fingerprint density at radius 1 is 1.59 bits per heavy atom. The molecular weight excluding hydrogens is 214 g/mol. The summed E-state index contributed by atoms with van der Waals surface area (Å²) in [6.45, 7) is 2.98. The van der Waals surface area contributed by atoms with Gasteiger partial charge in [0.1, 0.15) is 0 Å². The summed E-state index contributed by atoms with van der Waals surface area (Å²) < 4.78 is 0. The number of nitrogens with zero attached hydrogens (tertiary/aromatic N) is 1. The Bertz CT molecular complexity index is 405. The van der Waals surface area contributed by atoms with Gasteiger partial charge in [-0.05, 0) is 37.5 Å². The van der Waals surface area contributed by atoms with Gasteiger partial charge in [-0.3, -0.25) is 0 Å². The van der Waals surface area contributed by atoms with Crippen LogP contribution in [0.3, 0.4) is 0 Å². The molecule has 1 atom stereocenters. The average Bonchev–Trinajstić information content (AvgIpc) is 2.77. The van der Waals surface area contributed by atoms with Gasteiger partial charge in [0.25, 0.3) is 0 Å². The van der Waals surface area contributed by atoms with E-state index in [1.165, 1.54) is 0 Å². The number of rotatable bonds is 2. The molecule has 3 N–H and O–H groups in total. The summed E-state index contributed by atoms with van der Waals surface area (Å²) in [6, 6.07) is 7.64. The molecule has 4 heteroatoms. The van der Waals surface area contributed by atoms with Crippen molar-refractivity contribution >= 4 is 17.4 Å². The molecule has 0 bridgehead atoms. The van der Waals surface area contributed by atoms with Crippen molar-refractivity contribution in [2.24, 2.45) is 0 Å². The minimum absolute atomic E-state index is 0.0139. The van der Waals surface area contributed by atoms with E-state index in [4.69, 9.17) is 5.73 Å². The number of amides is 2. The second-order valence-electron chi connectivity index (χ2n) is 4.45. The Hall–Kier alpha value is -1.71. The number of urea groups is 1. The molecule has 0 spiro atoms. The molecule has 0 saturated carbocycles. The van der Waals surface area contributed by atoms with E-state index in [2.05, 4.69) is 12.2 Å². The number of likely N-dealkylation sites (tertiary alicyclic amines) is 1. The van der Waals surface area contributed by atoms with Crippen molar-refractivity contribution in [1.82, 2.24) is 4.90 Å². The SMILES string of the molecule is CCC1CCCN1C(=O)Nc1cccc(N)c1. The van der Waals surface area contributed by atoms with E-state index in [0.29, 0.717) is 11.7 Å². The van der Waals surface area contributed by atoms with E-state index in [0.717, 1.165) is 31.5 Å². The third kappa shape index (κ3) is 2.70. The van der Waals surface area contributed by atoms with Crippen LogP contribution in [0.25, 0.3) is 0 Å². The van der Waals surface area contributed by atoms with Gasteiger partial charge in [0.05, 0.1) is 0 Å². The Morgan fingerprint density at radius 2 is 2.41 bits per heavy atom. The topological polar surface area (TPSA) is 58.4 Å². The predicted molar refractivity (Wildman–Crippen MR) is 69.9 cm³/mol. The average molecular weight is 233 g/mol. The molecule has 1 unspecified atom stereocenters. The number of nitrogen functional groups attached to an aromatic ring is 1. The molecule has 4 nitrogen and oxygen atoms in total. The fourth-order valence-corrected chi connectivity index (χ4v) is 2.34. The summed E-state index contributed by atoms with van der Waals surface area (Å²) >= 11 is 0. The molecule has 1 aliphatic heterocycles. The molecule has 1 saturated heterocycles. The number of carbonyl (C=O) groups is 1. The molecule has 17 heavy (non-hydrogen) atoms. The second kappa shape index (κ2) is 5.08. The van der Waals surface area contributed by atoms with Crippen LogP contribution in [-0.2, 0) is 0 Å². The third-order valence-corrected chi connectivity index (χ3v) is 3.25. The van der Waals surface area contributed by atoms with Crippen LogP contribution in [0.5, 0.6) is 0 Å². The molecule has 92 valence electrons. The molecule has 1 aromatic rings. The van der Waals surface area contributed by atoms with Gasteiger partial charge < -0.3 is 16.0 Å². The molecule has 0 radical (unpaired) electrons. The summed E-state index contributed by atoms with van der Waals surface area (Å²) in [4.78, 5) is 14.0. The smallest absolute Gasteiger partial charge is 0.322 e. The fraction of sp³-hybridized carbons (Fsp3) is 0.462. The molecule has 0 aromatic heterocycles. The monoisotopic (exact) mass is 233 g/mol. The van der Waals surface area contributed by atoms with Crippen LogP contribution in [0.4, 0.5) is 16.2 Å². The van der Waals surface area contributed by atoms with Crippen LogP contribution in [0.15, 0.2) is 24.3 Å². The molecule has 1 fully saturated rings. The number of hydrogen-bond acceptors (Lipinski definition) is 2. The highest BCUT2D eigenvalue weighted by Crippen LogP contribution is 2.21.